The van der Waals surface area contributed by atoms with Gasteiger partial charge in [-0.05, 0) is 19.3 Å². The fraction of sp³-hybridized carbons (Fsp3) is 1.00. The highest BCUT2D eigenvalue weighted by molar-refractivity contribution is 9.09. The van der Waals surface area contributed by atoms with Crippen LogP contribution >= 0.6 is 31.9 Å². The summed E-state index contributed by atoms with van der Waals surface area (Å²) in [7, 11) is 0. The van der Waals surface area contributed by atoms with E-state index in [1.807, 2.05) is 0 Å². The molecule has 0 aliphatic rings. The average Bonchev–Trinajstić information content (AvgIpc) is 2.52. The standard InChI is InChI=1S/C20H41Br2N/c1-2-3-4-5-6-7-8-9-10-11-12-13-14-15-20(23,16-18-21)17-19-22/h2-19,23H2,1H3. The molecule has 0 rings (SSSR count). The van der Waals surface area contributed by atoms with Crippen LogP contribution in [0.3, 0.4) is 0 Å². The minimum Gasteiger partial charge on any atom is -0.325 e. The molecule has 0 aliphatic carbocycles. The first-order chi connectivity index (χ1) is 11.2. The SMILES string of the molecule is CCCCCCCCCCCCCCCC(N)(CCBr)CCBr. The minimum absolute atomic E-state index is 0.0464. The van der Waals surface area contributed by atoms with E-state index >= 15 is 0 Å². The molecule has 3 heteroatoms. The van der Waals surface area contributed by atoms with Crippen molar-refractivity contribution in [1.29, 1.82) is 0 Å². The Kier molecular flexibility index (Phi) is 18.4. The van der Waals surface area contributed by atoms with Crippen LogP contribution in [0, 0.1) is 0 Å². The molecule has 0 aromatic heterocycles. The molecule has 0 aliphatic heterocycles. The zero-order chi connectivity index (χ0) is 17.2. The highest BCUT2D eigenvalue weighted by Crippen LogP contribution is 2.23. The maximum atomic E-state index is 6.50. The van der Waals surface area contributed by atoms with E-state index in [1.54, 1.807) is 0 Å². The number of unbranched alkanes of at least 4 members (excludes halogenated alkanes) is 12. The molecule has 0 radical (unpaired) electrons. The third-order valence-electron chi connectivity index (χ3n) is 4.96. The van der Waals surface area contributed by atoms with Crippen LogP contribution in [-0.4, -0.2) is 16.2 Å². The first-order valence-electron chi connectivity index (χ1n) is 10.1. The summed E-state index contributed by atoms with van der Waals surface area (Å²) in [5.41, 5.74) is 6.54. The van der Waals surface area contributed by atoms with Gasteiger partial charge in [-0.1, -0.05) is 122 Å². The molecular weight excluding hydrogens is 414 g/mol. The summed E-state index contributed by atoms with van der Waals surface area (Å²) < 4.78 is 0. The Labute approximate surface area is 163 Å². The number of hydrogen-bond acceptors (Lipinski definition) is 1. The van der Waals surface area contributed by atoms with Gasteiger partial charge in [-0.15, -0.1) is 0 Å². The van der Waals surface area contributed by atoms with Crippen LogP contribution in [0.4, 0.5) is 0 Å². The minimum atomic E-state index is 0.0464. The van der Waals surface area contributed by atoms with E-state index in [2.05, 4.69) is 38.8 Å². The lowest BCUT2D eigenvalue weighted by Gasteiger charge is -2.28. The lowest BCUT2D eigenvalue weighted by atomic mass is 9.88. The van der Waals surface area contributed by atoms with Crippen LogP contribution in [0.25, 0.3) is 0 Å². The molecule has 2 N–H and O–H groups in total. The molecule has 0 fully saturated rings. The number of halogens is 2. The molecule has 0 bridgehead atoms. The molecule has 0 spiro atoms. The van der Waals surface area contributed by atoms with E-state index in [0.717, 1.165) is 23.5 Å². The van der Waals surface area contributed by atoms with Gasteiger partial charge in [0.05, 0.1) is 0 Å². The van der Waals surface area contributed by atoms with E-state index in [1.165, 1.54) is 89.9 Å². The van der Waals surface area contributed by atoms with Crippen molar-refractivity contribution in [1.82, 2.24) is 0 Å². The zero-order valence-electron chi connectivity index (χ0n) is 15.6. The van der Waals surface area contributed by atoms with Crippen molar-refractivity contribution < 1.29 is 0 Å². The Bertz CT molecular complexity index is 228. The van der Waals surface area contributed by atoms with Gasteiger partial charge in [0.2, 0.25) is 0 Å². The molecule has 0 atom stereocenters. The number of hydrogen-bond donors (Lipinski definition) is 1. The largest absolute Gasteiger partial charge is 0.325 e. The van der Waals surface area contributed by atoms with E-state index < -0.39 is 0 Å². The molecule has 0 heterocycles. The number of nitrogens with two attached hydrogens (primary N) is 1. The number of alkyl halides is 2. The Morgan fingerprint density at radius 1 is 0.565 bits per heavy atom. The highest BCUT2D eigenvalue weighted by atomic mass is 79.9. The molecule has 0 aromatic rings. The smallest absolute Gasteiger partial charge is 0.0170 e. The second-order valence-electron chi connectivity index (χ2n) is 7.23. The van der Waals surface area contributed by atoms with Crippen LogP contribution in [0.5, 0.6) is 0 Å². The fourth-order valence-electron chi connectivity index (χ4n) is 3.25. The summed E-state index contributed by atoms with van der Waals surface area (Å²) >= 11 is 7.08. The monoisotopic (exact) mass is 453 g/mol. The van der Waals surface area contributed by atoms with E-state index in [9.17, 15) is 0 Å². The molecule has 0 unspecified atom stereocenters. The second-order valence-corrected chi connectivity index (χ2v) is 8.82. The van der Waals surface area contributed by atoms with Gasteiger partial charge < -0.3 is 5.73 Å². The van der Waals surface area contributed by atoms with E-state index in [0.29, 0.717) is 0 Å². The van der Waals surface area contributed by atoms with Gasteiger partial charge in [0.1, 0.15) is 0 Å². The molecule has 23 heavy (non-hydrogen) atoms. The predicted octanol–water partition coefficient (Wildman–Crippen LogP) is 7.74. The van der Waals surface area contributed by atoms with Crippen LogP contribution in [0.2, 0.25) is 0 Å². The van der Waals surface area contributed by atoms with Crippen molar-refractivity contribution in [2.24, 2.45) is 5.73 Å². The van der Waals surface area contributed by atoms with Gasteiger partial charge in [-0.2, -0.15) is 0 Å². The lowest BCUT2D eigenvalue weighted by Crippen LogP contribution is -2.40. The van der Waals surface area contributed by atoms with Crippen molar-refractivity contribution in [3.8, 4) is 0 Å². The first-order valence-corrected chi connectivity index (χ1v) is 12.3. The quantitative estimate of drug-likeness (QED) is 0.166. The molecule has 0 saturated heterocycles. The van der Waals surface area contributed by atoms with Crippen molar-refractivity contribution in [3.63, 3.8) is 0 Å². The van der Waals surface area contributed by atoms with Crippen LogP contribution in [-0.2, 0) is 0 Å². The lowest BCUT2D eigenvalue weighted by molar-refractivity contribution is 0.356. The van der Waals surface area contributed by atoms with Crippen LogP contribution in [0.15, 0.2) is 0 Å². The van der Waals surface area contributed by atoms with Gasteiger partial charge >= 0.3 is 0 Å². The average molecular weight is 455 g/mol. The highest BCUT2D eigenvalue weighted by Gasteiger charge is 2.22. The summed E-state index contributed by atoms with van der Waals surface area (Å²) in [6.07, 6.45) is 21.8. The van der Waals surface area contributed by atoms with Crippen molar-refractivity contribution in [2.75, 3.05) is 10.7 Å². The molecule has 0 saturated carbocycles. The molecular formula is C20H41Br2N. The summed E-state index contributed by atoms with van der Waals surface area (Å²) in [6.45, 7) is 2.29. The van der Waals surface area contributed by atoms with Crippen molar-refractivity contribution in [3.05, 3.63) is 0 Å². The van der Waals surface area contributed by atoms with Crippen molar-refractivity contribution >= 4 is 31.9 Å². The van der Waals surface area contributed by atoms with Gasteiger partial charge in [0.15, 0.2) is 0 Å². The summed E-state index contributed by atoms with van der Waals surface area (Å²) in [5, 5.41) is 2.05. The fourth-order valence-corrected chi connectivity index (χ4v) is 4.83. The summed E-state index contributed by atoms with van der Waals surface area (Å²) in [5.74, 6) is 0. The van der Waals surface area contributed by atoms with E-state index in [4.69, 9.17) is 5.73 Å². The van der Waals surface area contributed by atoms with E-state index in [-0.39, 0.29) is 5.54 Å². The topological polar surface area (TPSA) is 26.0 Å². The number of rotatable bonds is 18. The zero-order valence-corrected chi connectivity index (χ0v) is 18.7. The summed E-state index contributed by atoms with van der Waals surface area (Å²) in [6, 6.07) is 0. The third kappa shape index (κ3) is 16.2. The van der Waals surface area contributed by atoms with Gasteiger partial charge in [0, 0.05) is 16.2 Å². The Morgan fingerprint density at radius 2 is 0.913 bits per heavy atom. The second kappa shape index (κ2) is 17.7. The van der Waals surface area contributed by atoms with Crippen molar-refractivity contribution in [2.45, 2.75) is 115 Å². The van der Waals surface area contributed by atoms with Gasteiger partial charge in [-0.25, -0.2) is 0 Å². The molecule has 140 valence electrons. The first kappa shape index (κ1) is 23.9. The molecule has 1 nitrogen and oxygen atoms in total. The third-order valence-corrected chi connectivity index (χ3v) is 5.76. The Balaban J connectivity index is 3.32. The predicted molar refractivity (Wildman–Crippen MR) is 114 cm³/mol. The van der Waals surface area contributed by atoms with Gasteiger partial charge in [-0.3, -0.25) is 0 Å². The van der Waals surface area contributed by atoms with Gasteiger partial charge in [0.25, 0.3) is 0 Å². The Morgan fingerprint density at radius 3 is 1.26 bits per heavy atom. The summed E-state index contributed by atoms with van der Waals surface area (Å²) in [4.78, 5) is 0. The normalized spacial score (nSPS) is 12.0. The maximum absolute atomic E-state index is 6.50. The Hall–Kier alpha value is 0.920. The molecule has 0 aromatic carbocycles. The maximum Gasteiger partial charge on any atom is 0.0170 e. The molecule has 0 amide bonds. The van der Waals surface area contributed by atoms with Crippen LogP contribution in [0.1, 0.15) is 110 Å². The van der Waals surface area contributed by atoms with Crippen LogP contribution < -0.4 is 5.73 Å².